The summed E-state index contributed by atoms with van der Waals surface area (Å²) in [5, 5.41) is 2.93. The van der Waals surface area contributed by atoms with Crippen molar-refractivity contribution >= 4 is 5.91 Å². The molecule has 8 heteroatoms. The van der Waals surface area contributed by atoms with Crippen molar-refractivity contribution in [3.63, 3.8) is 0 Å². The third-order valence-electron chi connectivity index (χ3n) is 5.13. The molecule has 0 unspecified atom stereocenters. The van der Waals surface area contributed by atoms with Crippen molar-refractivity contribution in [2.24, 2.45) is 0 Å². The van der Waals surface area contributed by atoms with E-state index in [2.05, 4.69) is 15.2 Å². The van der Waals surface area contributed by atoms with E-state index in [9.17, 15) is 9.59 Å². The molecule has 1 fully saturated rings. The Bertz CT molecular complexity index is 905. The summed E-state index contributed by atoms with van der Waals surface area (Å²) in [5.74, 6) is 0.889. The number of carbonyl (C=O) groups is 1. The highest BCUT2D eigenvalue weighted by Gasteiger charge is 2.25. The van der Waals surface area contributed by atoms with Gasteiger partial charge in [-0.3, -0.25) is 14.5 Å². The summed E-state index contributed by atoms with van der Waals surface area (Å²) >= 11 is 0. The summed E-state index contributed by atoms with van der Waals surface area (Å²) in [6, 6.07) is 7.37. The summed E-state index contributed by atoms with van der Waals surface area (Å²) in [6.07, 6.45) is 1.54. The van der Waals surface area contributed by atoms with E-state index >= 15 is 0 Å². The predicted octanol–water partition coefficient (Wildman–Crippen LogP) is 1.50. The van der Waals surface area contributed by atoms with Crippen LogP contribution in [0.5, 0.6) is 11.5 Å². The van der Waals surface area contributed by atoms with Crippen molar-refractivity contribution in [1.82, 2.24) is 15.2 Å². The molecule has 1 atom stereocenters. The first-order valence-corrected chi connectivity index (χ1v) is 9.55. The van der Waals surface area contributed by atoms with E-state index in [-0.39, 0.29) is 17.5 Å². The molecule has 0 spiro atoms. The number of ether oxygens (including phenoxy) is 3. The van der Waals surface area contributed by atoms with Crippen molar-refractivity contribution < 1.29 is 19.0 Å². The Morgan fingerprint density at radius 2 is 1.93 bits per heavy atom. The maximum Gasteiger partial charge on any atom is 0.261 e. The predicted molar refractivity (Wildman–Crippen MR) is 109 cm³/mol. The number of nitrogens with zero attached hydrogens (tertiary/aromatic N) is 1. The molecule has 0 bridgehead atoms. The monoisotopic (exact) mass is 401 g/mol. The maximum atomic E-state index is 12.7. The number of methoxy groups -OCH3 is 2. The van der Waals surface area contributed by atoms with Crippen LogP contribution in [0.1, 0.15) is 27.5 Å². The van der Waals surface area contributed by atoms with Gasteiger partial charge >= 0.3 is 0 Å². The van der Waals surface area contributed by atoms with Crippen LogP contribution in [0.4, 0.5) is 0 Å². The van der Waals surface area contributed by atoms with Crippen LogP contribution in [0.2, 0.25) is 0 Å². The highest BCUT2D eigenvalue weighted by molar-refractivity contribution is 5.95. The second kappa shape index (κ2) is 9.58. The van der Waals surface area contributed by atoms with Crippen LogP contribution in [0, 0.1) is 6.92 Å². The van der Waals surface area contributed by atoms with E-state index in [0.29, 0.717) is 36.8 Å². The molecule has 1 aromatic heterocycles. The highest BCUT2D eigenvalue weighted by Crippen LogP contribution is 2.32. The van der Waals surface area contributed by atoms with Gasteiger partial charge in [-0.05, 0) is 36.2 Å². The Morgan fingerprint density at radius 3 is 2.59 bits per heavy atom. The molecular formula is C21H27N3O5. The van der Waals surface area contributed by atoms with Gasteiger partial charge in [-0.25, -0.2) is 0 Å². The minimum absolute atomic E-state index is 0.0919. The lowest BCUT2D eigenvalue weighted by Crippen LogP contribution is -2.44. The van der Waals surface area contributed by atoms with Gasteiger partial charge in [0.15, 0.2) is 11.5 Å². The molecule has 29 heavy (non-hydrogen) atoms. The largest absolute Gasteiger partial charge is 0.493 e. The van der Waals surface area contributed by atoms with E-state index in [1.54, 1.807) is 27.2 Å². The number of pyridine rings is 1. The molecule has 1 aliphatic rings. The first-order chi connectivity index (χ1) is 14.0. The second-order valence-electron chi connectivity index (χ2n) is 6.85. The molecule has 2 N–H and O–H groups in total. The molecule has 1 aromatic carbocycles. The van der Waals surface area contributed by atoms with Crippen LogP contribution in [-0.2, 0) is 4.74 Å². The maximum absolute atomic E-state index is 12.7. The third-order valence-corrected chi connectivity index (χ3v) is 5.13. The topological polar surface area (TPSA) is 92.9 Å². The Morgan fingerprint density at radius 1 is 1.21 bits per heavy atom. The molecule has 2 heterocycles. The fourth-order valence-electron chi connectivity index (χ4n) is 3.54. The lowest BCUT2D eigenvalue weighted by molar-refractivity contribution is 0.0162. The second-order valence-corrected chi connectivity index (χ2v) is 6.85. The first-order valence-electron chi connectivity index (χ1n) is 9.55. The van der Waals surface area contributed by atoms with Crippen LogP contribution in [0.25, 0.3) is 0 Å². The van der Waals surface area contributed by atoms with Gasteiger partial charge in [0.2, 0.25) is 0 Å². The third kappa shape index (κ3) is 4.78. The van der Waals surface area contributed by atoms with E-state index in [1.807, 2.05) is 18.2 Å². The van der Waals surface area contributed by atoms with Crippen LogP contribution in [0.3, 0.4) is 0 Å². The quantitative estimate of drug-likeness (QED) is 0.731. The van der Waals surface area contributed by atoms with Crippen molar-refractivity contribution in [1.29, 1.82) is 0 Å². The Balaban J connectivity index is 1.84. The Kier molecular flexibility index (Phi) is 6.90. The molecule has 0 aliphatic carbocycles. The molecule has 1 aliphatic heterocycles. The van der Waals surface area contributed by atoms with E-state index < -0.39 is 5.56 Å². The molecular weight excluding hydrogens is 374 g/mol. The molecule has 156 valence electrons. The van der Waals surface area contributed by atoms with Gasteiger partial charge in [0.25, 0.3) is 11.5 Å². The SMILES string of the molecule is COc1ccc([C@H](CNC(=O)c2c(C)cc[nH]c2=O)N2CCOCC2)cc1OC. The highest BCUT2D eigenvalue weighted by atomic mass is 16.5. The van der Waals surface area contributed by atoms with Gasteiger partial charge < -0.3 is 24.5 Å². The number of rotatable bonds is 7. The van der Waals surface area contributed by atoms with E-state index in [0.717, 1.165) is 18.7 Å². The summed E-state index contributed by atoms with van der Waals surface area (Å²) in [4.78, 5) is 29.6. The average molecular weight is 401 g/mol. The summed E-state index contributed by atoms with van der Waals surface area (Å²) in [7, 11) is 3.19. The number of hydrogen-bond donors (Lipinski definition) is 2. The zero-order valence-corrected chi connectivity index (χ0v) is 17.0. The zero-order valence-electron chi connectivity index (χ0n) is 17.0. The molecule has 1 saturated heterocycles. The van der Waals surface area contributed by atoms with Crippen molar-refractivity contribution in [3.05, 3.63) is 57.5 Å². The number of morpholine rings is 1. The van der Waals surface area contributed by atoms with Crippen LogP contribution >= 0.6 is 0 Å². The minimum Gasteiger partial charge on any atom is -0.493 e. The van der Waals surface area contributed by atoms with Crippen LogP contribution in [0.15, 0.2) is 35.3 Å². The van der Waals surface area contributed by atoms with Crippen molar-refractivity contribution in [2.75, 3.05) is 47.1 Å². The van der Waals surface area contributed by atoms with E-state index in [1.165, 1.54) is 6.20 Å². The Labute approximate surface area is 169 Å². The number of aromatic amines is 1. The molecule has 1 amide bonds. The van der Waals surface area contributed by atoms with Crippen LogP contribution in [-0.4, -0.2) is 62.9 Å². The lowest BCUT2D eigenvalue weighted by atomic mass is 10.0. The molecule has 0 radical (unpaired) electrons. The normalized spacial score (nSPS) is 15.6. The molecule has 2 aromatic rings. The standard InChI is InChI=1S/C21H27N3O5/c1-14-6-7-22-20(25)19(14)21(26)23-13-16(24-8-10-29-11-9-24)15-4-5-17(27-2)18(12-15)28-3/h4-7,12,16H,8-11,13H2,1-3H3,(H,22,25)(H,23,26)/t16-/m0/s1. The fraction of sp³-hybridized carbons (Fsp3) is 0.429. The number of H-pyrrole nitrogens is 1. The first kappa shape index (κ1) is 20.9. The van der Waals surface area contributed by atoms with Gasteiger partial charge in [0, 0.05) is 25.8 Å². The fourth-order valence-corrected chi connectivity index (χ4v) is 3.54. The van der Waals surface area contributed by atoms with E-state index in [4.69, 9.17) is 14.2 Å². The van der Waals surface area contributed by atoms with Crippen LogP contribution < -0.4 is 20.3 Å². The number of hydrogen-bond acceptors (Lipinski definition) is 6. The van der Waals surface area contributed by atoms with Crippen molar-refractivity contribution in [3.8, 4) is 11.5 Å². The lowest BCUT2D eigenvalue weighted by Gasteiger charge is -2.35. The van der Waals surface area contributed by atoms with Gasteiger partial charge in [0.1, 0.15) is 5.56 Å². The molecule has 3 rings (SSSR count). The number of nitrogens with one attached hydrogen (secondary N) is 2. The zero-order chi connectivity index (χ0) is 20.8. The van der Waals surface area contributed by atoms with Crippen molar-refractivity contribution in [2.45, 2.75) is 13.0 Å². The number of carbonyl (C=O) groups excluding carboxylic acids is 1. The summed E-state index contributed by atoms with van der Waals surface area (Å²) < 4.78 is 16.2. The summed E-state index contributed by atoms with van der Waals surface area (Å²) in [5.41, 5.74) is 1.38. The average Bonchev–Trinajstić information content (AvgIpc) is 2.74. The van der Waals surface area contributed by atoms with Gasteiger partial charge in [-0.1, -0.05) is 6.07 Å². The molecule has 0 saturated carbocycles. The smallest absolute Gasteiger partial charge is 0.261 e. The number of aromatic nitrogens is 1. The number of amides is 1. The van der Waals surface area contributed by atoms with Gasteiger partial charge in [-0.2, -0.15) is 0 Å². The number of aryl methyl sites for hydroxylation is 1. The van der Waals surface area contributed by atoms with Gasteiger partial charge in [-0.15, -0.1) is 0 Å². The van der Waals surface area contributed by atoms with Gasteiger partial charge in [0.05, 0.1) is 33.5 Å². The molecule has 8 nitrogen and oxygen atoms in total. The Hall–Kier alpha value is -2.84. The number of benzene rings is 1. The summed E-state index contributed by atoms with van der Waals surface area (Å²) in [6.45, 7) is 4.87. The minimum atomic E-state index is -0.392.